The first kappa shape index (κ1) is 52.7. The number of nitrogens with zero attached hydrogens (tertiary/aromatic N) is 2. The quantitative estimate of drug-likeness (QED) is 0.0792. The third-order valence-electron chi connectivity index (χ3n) is 14.6. The van der Waals surface area contributed by atoms with Crippen molar-refractivity contribution in [3.63, 3.8) is 0 Å². The highest BCUT2D eigenvalue weighted by Gasteiger charge is 2.23. The van der Waals surface area contributed by atoms with Gasteiger partial charge in [0.1, 0.15) is 0 Å². The van der Waals surface area contributed by atoms with Crippen molar-refractivity contribution in [2.75, 3.05) is 0 Å². The van der Waals surface area contributed by atoms with Crippen molar-refractivity contribution in [3.8, 4) is 44.5 Å². The van der Waals surface area contributed by atoms with Gasteiger partial charge in [0, 0.05) is 39.3 Å². The van der Waals surface area contributed by atoms with Gasteiger partial charge in [0.15, 0.2) is 0 Å². The van der Waals surface area contributed by atoms with Gasteiger partial charge in [-0.2, -0.15) is 0 Å². The van der Waals surface area contributed by atoms with E-state index in [0.29, 0.717) is 58.3 Å². The minimum absolute atomic E-state index is 0.302. The van der Waals surface area contributed by atoms with E-state index in [0.717, 1.165) is 70.7 Å². The Kier molecular flexibility index (Phi) is 16.7. The molecule has 6 heteroatoms. The first-order valence-electron chi connectivity index (χ1n) is 26.5. The van der Waals surface area contributed by atoms with Crippen molar-refractivity contribution in [1.82, 2.24) is 9.80 Å². The van der Waals surface area contributed by atoms with Crippen molar-refractivity contribution >= 4 is 11.9 Å². The highest BCUT2D eigenvalue weighted by Crippen LogP contribution is 2.36. The van der Waals surface area contributed by atoms with Crippen LogP contribution in [0.4, 0.5) is 0 Å². The van der Waals surface area contributed by atoms with E-state index in [2.05, 4.69) is 159 Å². The molecule has 0 atom stereocenters. The first-order valence-corrected chi connectivity index (χ1v) is 26.5. The number of aryl methyl sites for hydroxylation is 2. The van der Waals surface area contributed by atoms with Crippen LogP contribution in [-0.4, -0.2) is 32.0 Å². The summed E-state index contributed by atoms with van der Waals surface area (Å²) in [5.41, 5.74) is 19.3. The molecule has 0 spiro atoms. The number of benzene rings is 9. The van der Waals surface area contributed by atoms with Gasteiger partial charge in [-0.3, -0.25) is 9.80 Å². The van der Waals surface area contributed by atoms with Crippen LogP contribution in [-0.2, 0) is 39.3 Å². The second kappa shape index (κ2) is 24.0. The van der Waals surface area contributed by atoms with Gasteiger partial charge in [-0.15, -0.1) is 0 Å². The number of carbonyl (C=O) groups is 2. The van der Waals surface area contributed by atoms with Gasteiger partial charge < -0.3 is 10.2 Å². The summed E-state index contributed by atoms with van der Waals surface area (Å²) < 4.78 is 0. The Morgan fingerprint density at radius 1 is 0.355 bits per heavy atom. The molecule has 0 saturated carbocycles. The monoisotopic (exact) mass is 1000 g/mol. The number of hydrogen-bond acceptors (Lipinski definition) is 4. The molecule has 0 aliphatic carbocycles. The standard InChI is InChI=1S/C70H68N2O4/c1-47(2)65-40-66(48(3)4)60(46-72(42-52-17-11-8-12-18-52)44-54-29-37-58(38-30-54)64-22-14-20-62(68(64)70(75)76)56-33-25-50(6)26-34-56)39-59(65)45-71(41-51-15-9-7-10-16-51)43-53-27-35-57(36-28-53)63-21-13-19-61(67(63)69(73)74)55-31-23-49(5)24-32-55/h7-40,47-48H,41-46H2,1-6H3,(H,73,74)(H,75,76). The number of carboxylic acid groups (broad SMARTS) is 2. The molecule has 2 N–H and O–H groups in total. The molecule has 0 aromatic heterocycles. The Hall–Kier alpha value is -8.16. The van der Waals surface area contributed by atoms with Gasteiger partial charge in [0.25, 0.3) is 0 Å². The van der Waals surface area contributed by atoms with E-state index in [-0.39, 0.29) is 0 Å². The van der Waals surface area contributed by atoms with Crippen molar-refractivity contribution in [1.29, 1.82) is 0 Å². The lowest BCUT2D eigenvalue weighted by Crippen LogP contribution is -2.25. The van der Waals surface area contributed by atoms with Crippen LogP contribution >= 0.6 is 0 Å². The molecule has 0 bridgehead atoms. The van der Waals surface area contributed by atoms with Crippen molar-refractivity contribution < 1.29 is 19.8 Å². The summed E-state index contributed by atoms with van der Waals surface area (Å²) in [6.45, 7) is 17.6. The summed E-state index contributed by atoms with van der Waals surface area (Å²) in [6.07, 6.45) is 0. The lowest BCUT2D eigenvalue weighted by molar-refractivity contribution is 0.0687. The molecular weight excluding hydrogens is 933 g/mol. The van der Waals surface area contributed by atoms with Gasteiger partial charge in [-0.1, -0.05) is 245 Å². The van der Waals surface area contributed by atoms with Crippen molar-refractivity contribution in [2.24, 2.45) is 0 Å². The van der Waals surface area contributed by atoms with E-state index in [9.17, 15) is 19.8 Å². The third-order valence-corrected chi connectivity index (χ3v) is 14.6. The minimum atomic E-state index is -0.945. The maximum atomic E-state index is 12.9. The number of aromatic carboxylic acids is 2. The van der Waals surface area contributed by atoms with E-state index >= 15 is 0 Å². The SMILES string of the molecule is Cc1ccc(-c2cccc(-c3ccc(CN(Cc4ccccc4)Cc4cc(CN(Cc5ccccc5)Cc5ccc(-c6cccc(-c7ccc(C)cc7)c6C(=O)O)cc5)c(C(C)C)cc4C(C)C)cc3)c2C(=O)O)cc1. The number of carboxylic acids is 2. The Morgan fingerprint density at radius 2 is 0.645 bits per heavy atom. The second-order valence-corrected chi connectivity index (χ2v) is 21.0. The molecule has 0 aliphatic rings. The van der Waals surface area contributed by atoms with Crippen molar-refractivity contribution in [3.05, 3.63) is 273 Å². The Labute approximate surface area is 449 Å². The fourth-order valence-corrected chi connectivity index (χ4v) is 10.7. The molecule has 76 heavy (non-hydrogen) atoms. The third kappa shape index (κ3) is 12.7. The molecule has 0 fully saturated rings. The topological polar surface area (TPSA) is 81.1 Å². The van der Waals surface area contributed by atoms with Gasteiger partial charge in [0.2, 0.25) is 0 Å². The smallest absolute Gasteiger partial charge is 0.336 e. The van der Waals surface area contributed by atoms with Gasteiger partial charge in [-0.05, 0) is 115 Å². The molecule has 0 heterocycles. The van der Waals surface area contributed by atoms with Crippen LogP contribution in [0.1, 0.15) is 116 Å². The predicted octanol–water partition coefficient (Wildman–Crippen LogP) is 17.0. The lowest BCUT2D eigenvalue weighted by atomic mass is 9.87. The van der Waals surface area contributed by atoms with E-state index in [1.54, 1.807) is 0 Å². The highest BCUT2D eigenvalue weighted by atomic mass is 16.4. The van der Waals surface area contributed by atoms with E-state index in [1.807, 2.05) is 98.8 Å². The van der Waals surface area contributed by atoms with Crippen LogP contribution in [0.25, 0.3) is 44.5 Å². The van der Waals surface area contributed by atoms with Gasteiger partial charge in [0.05, 0.1) is 11.1 Å². The number of rotatable bonds is 20. The van der Waals surface area contributed by atoms with Crippen LogP contribution < -0.4 is 0 Å². The maximum absolute atomic E-state index is 12.9. The van der Waals surface area contributed by atoms with Crippen LogP contribution in [0.5, 0.6) is 0 Å². The molecule has 0 unspecified atom stereocenters. The second-order valence-electron chi connectivity index (χ2n) is 21.0. The summed E-state index contributed by atoms with van der Waals surface area (Å²) in [6, 6.07) is 70.7. The zero-order valence-corrected chi connectivity index (χ0v) is 44.6. The normalized spacial score (nSPS) is 11.5. The molecule has 9 aromatic carbocycles. The fraction of sp³-hybridized carbons (Fsp3) is 0.200. The summed E-state index contributed by atoms with van der Waals surface area (Å²) in [5.74, 6) is -1.29. The van der Waals surface area contributed by atoms with Crippen LogP contribution in [0, 0.1) is 13.8 Å². The van der Waals surface area contributed by atoms with Crippen LogP contribution in [0.15, 0.2) is 206 Å². The largest absolute Gasteiger partial charge is 0.478 e. The molecule has 0 aliphatic heterocycles. The first-order chi connectivity index (χ1) is 36.8. The average molecular weight is 1000 g/mol. The molecule has 0 amide bonds. The summed E-state index contributed by atoms with van der Waals surface area (Å²) in [4.78, 5) is 30.9. The van der Waals surface area contributed by atoms with Gasteiger partial charge >= 0.3 is 11.9 Å². The van der Waals surface area contributed by atoms with Gasteiger partial charge in [-0.25, -0.2) is 9.59 Å². The Balaban J connectivity index is 1.02. The molecule has 6 nitrogen and oxygen atoms in total. The van der Waals surface area contributed by atoms with E-state index < -0.39 is 11.9 Å². The Bertz CT molecular complexity index is 3190. The molecule has 9 rings (SSSR count). The summed E-state index contributed by atoms with van der Waals surface area (Å²) in [7, 11) is 0. The summed E-state index contributed by atoms with van der Waals surface area (Å²) >= 11 is 0. The number of hydrogen-bond donors (Lipinski definition) is 2. The van der Waals surface area contributed by atoms with E-state index in [4.69, 9.17) is 0 Å². The zero-order valence-electron chi connectivity index (χ0n) is 44.6. The predicted molar refractivity (Wildman–Crippen MR) is 311 cm³/mol. The highest BCUT2D eigenvalue weighted by molar-refractivity contribution is 6.04. The zero-order chi connectivity index (χ0) is 53.3. The minimum Gasteiger partial charge on any atom is -0.478 e. The molecule has 9 aromatic rings. The summed E-state index contributed by atoms with van der Waals surface area (Å²) in [5, 5.41) is 21.1. The molecule has 0 saturated heterocycles. The van der Waals surface area contributed by atoms with Crippen molar-refractivity contribution in [2.45, 2.75) is 92.6 Å². The molecule has 382 valence electrons. The lowest BCUT2D eigenvalue weighted by Gasteiger charge is -2.29. The molecular formula is C70H68N2O4. The molecule has 0 radical (unpaired) electrons. The van der Waals surface area contributed by atoms with E-state index in [1.165, 1.54) is 33.4 Å². The van der Waals surface area contributed by atoms with Crippen LogP contribution in [0.2, 0.25) is 0 Å². The average Bonchev–Trinajstić information content (AvgIpc) is 3.43. The maximum Gasteiger partial charge on any atom is 0.336 e. The van der Waals surface area contributed by atoms with Crippen LogP contribution in [0.3, 0.4) is 0 Å². The Morgan fingerprint density at radius 3 is 0.934 bits per heavy atom. The fourth-order valence-electron chi connectivity index (χ4n) is 10.7.